The largest absolute Gasteiger partial charge is 0.478 e. The summed E-state index contributed by atoms with van der Waals surface area (Å²) in [5.41, 5.74) is 4.63. The van der Waals surface area contributed by atoms with E-state index in [1.807, 2.05) is 0 Å². The van der Waals surface area contributed by atoms with Crippen LogP contribution in [0.1, 0.15) is 23.2 Å². The molecule has 2 rings (SSSR count). The number of aromatic carboxylic acids is 1. The van der Waals surface area contributed by atoms with Gasteiger partial charge >= 0.3 is 5.97 Å². The zero-order valence-electron chi connectivity index (χ0n) is 11.1. The van der Waals surface area contributed by atoms with E-state index in [0.29, 0.717) is 19.4 Å². The lowest BCUT2D eigenvalue weighted by atomic mass is 9.97. The van der Waals surface area contributed by atoms with Gasteiger partial charge in [-0.15, -0.1) is 0 Å². The molecule has 112 valence electrons. The average Bonchev–Trinajstić information content (AvgIpc) is 2.46. The van der Waals surface area contributed by atoms with Crippen LogP contribution in [-0.2, 0) is 4.79 Å². The van der Waals surface area contributed by atoms with Crippen LogP contribution < -0.4 is 10.6 Å². The molecule has 0 spiro atoms. The third-order valence-electron chi connectivity index (χ3n) is 3.42. The number of piperidine rings is 1. The van der Waals surface area contributed by atoms with Crippen molar-refractivity contribution in [2.24, 2.45) is 11.7 Å². The fourth-order valence-electron chi connectivity index (χ4n) is 2.36. The minimum absolute atomic E-state index is 0.124. The lowest BCUT2D eigenvalue weighted by Crippen LogP contribution is -2.42. The number of carbonyl (C=O) groups excluding carboxylic acids is 1. The highest BCUT2D eigenvalue weighted by molar-refractivity contribution is 5.94. The number of carboxylic acid groups (broad SMARTS) is 1. The summed E-state index contributed by atoms with van der Waals surface area (Å²) < 4.78 is 0. The number of anilines is 1. The van der Waals surface area contributed by atoms with Crippen LogP contribution in [0, 0.1) is 16.0 Å². The molecule has 1 aromatic heterocycles. The molecule has 1 aliphatic rings. The highest BCUT2D eigenvalue weighted by Crippen LogP contribution is 2.27. The highest BCUT2D eigenvalue weighted by atomic mass is 16.6. The summed E-state index contributed by atoms with van der Waals surface area (Å²) in [6.45, 7) is 0.787. The molecule has 1 amide bonds. The number of primary amides is 1. The van der Waals surface area contributed by atoms with Gasteiger partial charge in [0.15, 0.2) is 0 Å². The molecule has 9 heteroatoms. The first-order chi connectivity index (χ1) is 9.90. The van der Waals surface area contributed by atoms with Gasteiger partial charge in [0.2, 0.25) is 5.91 Å². The smallest absolute Gasteiger partial charge is 0.339 e. The monoisotopic (exact) mass is 294 g/mol. The molecule has 3 N–H and O–H groups in total. The van der Waals surface area contributed by atoms with Gasteiger partial charge in [-0.05, 0) is 12.8 Å². The number of hydrogen-bond donors (Lipinski definition) is 2. The molecule has 1 saturated heterocycles. The minimum atomic E-state index is -1.30. The number of nitrogens with two attached hydrogens (primary N) is 1. The number of carbonyl (C=O) groups is 2. The van der Waals surface area contributed by atoms with E-state index in [0.717, 1.165) is 12.3 Å². The Kier molecular flexibility index (Phi) is 4.01. The predicted octanol–water partition coefficient (Wildman–Crippen LogP) is 0.390. The zero-order chi connectivity index (χ0) is 15.6. The van der Waals surface area contributed by atoms with E-state index in [1.165, 1.54) is 0 Å². The third-order valence-corrected chi connectivity index (χ3v) is 3.42. The summed E-state index contributed by atoms with van der Waals surface area (Å²) in [5, 5.41) is 19.9. The molecule has 9 nitrogen and oxygen atoms in total. The number of amides is 1. The summed E-state index contributed by atoms with van der Waals surface area (Å²) in [5.74, 6) is -2.00. The Morgan fingerprint density at radius 3 is 2.81 bits per heavy atom. The molecule has 1 fully saturated rings. The number of aromatic nitrogens is 1. The molecule has 0 radical (unpaired) electrons. The number of hydrogen-bond acceptors (Lipinski definition) is 6. The Labute approximate surface area is 119 Å². The number of nitro groups is 1. The molecule has 1 aliphatic heterocycles. The molecule has 21 heavy (non-hydrogen) atoms. The zero-order valence-corrected chi connectivity index (χ0v) is 11.1. The molecule has 1 atom stereocenters. The summed E-state index contributed by atoms with van der Waals surface area (Å²) >= 11 is 0. The van der Waals surface area contributed by atoms with Gasteiger partial charge in [0.05, 0.1) is 10.8 Å². The van der Waals surface area contributed by atoms with Crippen LogP contribution in [0.15, 0.2) is 12.3 Å². The van der Waals surface area contributed by atoms with E-state index in [9.17, 15) is 24.8 Å². The van der Waals surface area contributed by atoms with Crippen molar-refractivity contribution >= 4 is 23.4 Å². The maximum absolute atomic E-state index is 11.3. The summed E-state index contributed by atoms with van der Waals surface area (Å²) in [7, 11) is 0. The fourth-order valence-corrected chi connectivity index (χ4v) is 2.36. The predicted molar refractivity (Wildman–Crippen MR) is 72.0 cm³/mol. The number of carboxylic acids is 1. The van der Waals surface area contributed by atoms with Crippen molar-refractivity contribution in [3.63, 3.8) is 0 Å². The number of pyridine rings is 1. The Balaban J connectivity index is 2.36. The van der Waals surface area contributed by atoms with Crippen molar-refractivity contribution < 1.29 is 19.6 Å². The first-order valence-electron chi connectivity index (χ1n) is 6.32. The van der Waals surface area contributed by atoms with Crippen LogP contribution in [-0.4, -0.2) is 40.0 Å². The van der Waals surface area contributed by atoms with Crippen molar-refractivity contribution in [1.29, 1.82) is 0 Å². The standard InChI is InChI=1S/C12H14N4O5/c13-10(17)7-2-1-3-15(6-7)11-9(12(18)19)4-8(5-14-11)16(20)21/h4-5,7H,1-3,6H2,(H2,13,17)(H,18,19). The molecule has 0 bridgehead atoms. The van der Waals surface area contributed by atoms with Crippen LogP contribution in [0.3, 0.4) is 0 Å². The van der Waals surface area contributed by atoms with Gasteiger partial charge in [-0.2, -0.15) is 0 Å². The van der Waals surface area contributed by atoms with Crippen molar-refractivity contribution in [1.82, 2.24) is 4.98 Å². The van der Waals surface area contributed by atoms with Crippen molar-refractivity contribution in [2.45, 2.75) is 12.8 Å². The van der Waals surface area contributed by atoms with E-state index >= 15 is 0 Å². The molecule has 0 aliphatic carbocycles. The Morgan fingerprint density at radius 2 is 2.24 bits per heavy atom. The Hall–Kier alpha value is -2.71. The lowest BCUT2D eigenvalue weighted by Gasteiger charge is -2.32. The summed E-state index contributed by atoms with van der Waals surface area (Å²) in [6, 6.07) is 0.971. The van der Waals surface area contributed by atoms with Crippen LogP contribution in [0.25, 0.3) is 0 Å². The van der Waals surface area contributed by atoms with E-state index in [4.69, 9.17) is 5.73 Å². The van der Waals surface area contributed by atoms with Gasteiger partial charge in [0, 0.05) is 19.2 Å². The number of rotatable bonds is 4. The van der Waals surface area contributed by atoms with Crippen LogP contribution in [0.5, 0.6) is 0 Å². The van der Waals surface area contributed by atoms with Crippen molar-refractivity contribution in [3.05, 3.63) is 27.9 Å². The maximum Gasteiger partial charge on any atom is 0.339 e. The molecule has 1 unspecified atom stereocenters. The van der Waals surface area contributed by atoms with E-state index in [2.05, 4.69) is 4.98 Å². The van der Waals surface area contributed by atoms with E-state index < -0.39 is 16.8 Å². The SMILES string of the molecule is NC(=O)C1CCCN(c2ncc([N+](=O)[O-])cc2C(=O)O)C1. The first kappa shape index (κ1) is 14.7. The topological polar surface area (TPSA) is 140 Å². The Morgan fingerprint density at radius 1 is 1.52 bits per heavy atom. The summed E-state index contributed by atoms with van der Waals surface area (Å²) in [4.78, 5) is 38.1. The first-order valence-corrected chi connectivity index (χ1v) is 6.32. The molecule has 2 heterocycles. The van der Waals surface area contributed by atoms with Crippen LogP contribution in [0.2, 0.25) is 0 Å². The minimum Gasteiger partial charge on any atom is -0.478 e. The second kappa shape index (κ2) is 5.73. The third kappa shape index (κ3) is 3.07. The quantitative estimate of drug-likeness (QED) is 0.604. The fraction of sp³-hybridized carbons (Fsp3) is 0.417. The van der Waals surface area contributed by atoms with Crippen molar-refractivity contribution in [2.75, 3.05) is 18.0 Å². The summed E-state index contributed by atoms with van der Waals surface area (Å²) in [6.07, 6.45) is 2.32. The lowest BCUT2D eigenvalue weighted by molar-refractivity contribution is -0.385. The van der Waals surface area contributed by atoms with Crippen LogP contribution >= 0.6 is 0 Å². The van der Waals surface area contributed by atoms with Gasteiger partial charge in [-0.3, -0.25) is 14.9 Å². The molecule has 0 saturated carbocycles. The van der Waals surface area contributed by atoms with Crippen LogP contribution in [0.4, 0.5) is 11.5 Å². The van der Waals surface area contributed by atoms with Crippen molar-refractivity contribution in [3.8, 4) is 0 Å². The van der Waals surface area contributed by atoms with Gasteiger partial charge in [0.25, 0.3) is 5.69 Å². The highest BCUT2D eigenvalue weighted by Gasteiger charge is 2.28. The molecular formula is C12H14N4O5. The van der Waals surface area contributed by atoms with E-state index in [-0.39, 0.29) is 29.5 Å². The van der Waals surface area contributed by atoms with Gasteiger partial charge in [0.1, 0.15) is 17.6 Å². The normalized spacial score (nSPS) is 18.3. The Bertz CT molecular complexity index is 603. The molecule has 0 aromatic carbocycles. The molecular weight excluding hydrogens is 280 g/mol. The van der Waals surface area contributed by atoms with E-state index in [1.54, 1.807) is 4.90 Å². The van der Waals surface area contributed by atoms with Gasteiger partial charge in [-0.25, -0.2) is 9.78 Å². The maximum atomic E-state index is 11.3. The second-order valence-electron chi connectivity index (χ2n) is 4.81. The second-order valence-corrected chi connectivity index (χ2v) is 4.81. The average molecular weight is 294 g/mol. The number of nitrogens with zero attached hydrogens (tertiary/aromatic N) is 3. The van der Waals surface area contributed by atoms with Gasteiger partial charge in [-0.1, -0.05) is 0 Å². The molecule has 1 aromatic rings. The van der Waals surface area contributed by atoms with Gasteiger partial charge < -0.3 is 15.7 Å².